The second kappa shape index (κ2) is 7.29. The maximum Gasteiger partial charge on any atom is 0.306 e. The second-order valence-electron chi connectivity index (χ2n) is 7.61. The average Bonchev–Trinajstić information content (AvgIpc) is 3.01. The lowest BCUT2D eigenvalue weighted by Gasteiger charge is -2.38. The summed E-state index contributed by atoms with van der Waals surface area (Å²) in [7, 11) is 0. The molecule has 0 radical (unpaired) electrons. The average molecular weight is 344 g/mol. The highest BCUT2D eigenvalue weighted by Crippen LogP contribution is 2.39. The number of aromatic nitrogens is 4. The Morgan fingerprint density at radius 1 is 1.28 bits per heavy atom. The number of aryl methyl sites for hydroxylation is 1. The van der Waals surface area contributed by atoms with Crippen molar-refractivity contribution in [3.05, 3.63) is 24.4 Å². The Morgan fingerprint density at radius 2 is 2.04 bits per heavy atom. The number of ether oxygens (including phenoxy) is 1. The SMILES string of the molecule is C[C@H]1C[C@H](OC(=O)CCc2nc(-c3ncccn3)no2)CC(C)(C)C1. The third-order valence-corrected chi connectivity index (χ3v) is 4.42. The summed E-state index contributed by atoms with van der Waals surface area (Å²) < 4.78 is 10.8. The minimum atomic E-state index is -0.217. The zero-order valence-corrected chi connectivity index (χ0v) is 14.9. The number of hydrogen-bond donors (Lipinski definition) is 0. The van der Waals surface area contributed by atoms with Gasteiger partial charge in [-0.15, -0.1) is 0 Å². The molecule has 7 nitrogen and oxygen atoms in total. The highest BCUT2D eigenvalue weighted by Gasteiger charge is 2.33. The molecule has 0 aliphatic heterocycles. The molecule has 3 rings (SSSR count). The van der Waals surface area contributed by atoms with Gasteiger partial charge in [0.05, 0.1) is 6.42 Å². The van der Waals surface area contributed by atoms with E-state index < -0.39 is 0 Å². The summed E-state index contributed by atoms with van der Waals surface area (Å²) in [6.07, 6.45) is 6.83. The van der Waals surface area contributed by atoms with Crippen LogP contribution in [0.25, 0.3) is 11.6 Å². The molecule has 0 saturated heterocycles. The first-order valence-corrected chi connectivity index (χ1v) is 8.71. The molecule has 2 heterocycles. The highest BCUT2D eigenvalue weighted by molar-refractivity contribution is 5.69. The topological polar surface area (TPSA) is 91.0 Å². The van der Waals surface area contributed by atoms with Crippen LogP contribution >= 0.6 is 0 Å². The first-order chi connectivity index (χ1) is 11.9. The van der Waals surface area contributed by atoms with Crippen molar-refractivity contribution in [1.29, 1.82) is 0 Å². The number of rotatable bonds is 5. The van der Waals surface area contributed by atoms with Gasteiger partial charge in [0.15, 0.2) is 0 Å². The Labute approximate surface area is 147 Å². The fraction of sp³-hybridized carbons (Fsp3) is 0.611. The Balaban J connectivity index is 1.50. The number of carbonyl (C=O) groups excluding carboxylic acids is 1. The van der Waals surface area contributed by atoms with Crippen LogP contribution < -0.4 is 0 Å². The molecule has 0 aromatic carbocycles. The van der Waals surface area contributed by atoms with Gasteiger partial charge in [-0.3, -0.25) is 4.79 Å². The van der Waals surface area contributed by atoms with Gasteiger partial charge in [0.25, 0.3) is 0 Å². The van der Waals surface area contributed by atoms with Gasteiger partial charge in [0, 0.05) is 18.8 Å². The van der Waals surface area contributed by atoms with Crippen molar-refractivity contribution in [2.24, 2.45) is 11.3 Å². The number of esters is 1. The van der Waals surface area contributed by atoms with Crippen molar-refractivity contribution >= 4 is 5.97 Å². The molecule has 0 amide bonds. The van der Waals surface area contributed by atoms with Crippen molar-refractivity contribution in [1.82, 2.24) is 20.1 Å². The summed E-state index contributed by atoms with van der Waals surface area (Å²) in [6, 6.07) is 1.72. The van der Waals surface area contributed by atoms with E-state index in [2.05, 4.69) is 40.9 Å². The first-order valence-electron chi connectivity index (χ1n) is 8.71. The molecule has 7 heteroatoms. The van der Waals surface area contributed by atoms with Crippen LogP contribution in [0.5, 0.6) is 0 Å². The summed E-state index contributed by atoms with van der Waals surface area (Å²) in [4.78, 5) is 24.5. The van der Waals surface area contributed by atoms with E-state index in [0.29, 0.717) is 29.9 Å². The van der Waals surface area contributed by atoms with Gasteiger partial charge in [-0.05, 0) is 36.7 Å². The van der Waals surface area contributed by atoms with Gasteiger partial charge in [0.2, 0.25) is 17.5 Å². The van der Waals surface area contributed by atoms with Crippen LogP contribution in [0.4, 0.5) is 0 Å². The second-order valence-corrected chi connectivity index (χ2v) is 7.61. The molecule has 134 valence electrons. The van der Waals surface area contributed by atoms with E-state index in [1.54, 1.807) is 18.5 Å². The van der Waals surface area contributed by atoms with Gasteiger partial charge in [-0.1, -0.05) is 25.9 Å². The molecule has 0 unspecified atom stereocenters. The molecule has 2 atom stereocenters. The molecule has 1 saturated carbocycles. The van der Waals surface area contributed by atoms with E-state index in [0.717, 1.165) is 12.8 Å². The molecule has 2 aromatic rings. The maximum atomic E-state index is 12.1. The number of hydrogen-bond acceptors (Lipinski definition) is 7. The standard InChI is InChI=1S/C18H24N4O3/c1-12-9-13(11-18(2,3)10-12)24-15(23)6-5-14-21-17(22-25-14)16-19-7-4-8-20-16/h4,7-8,12-13H,5-6,9-11H2,1-3H3/t12-,13-/m0/s1. The summed E-state index contributed by atoms with van der Waals surface area (Å²) >= 11 is 0. The van der Waals surface area contributed by atoms with Gasteiger partial charge in [-0.2, -0.15) is 4.98 Å². The summed E-state index contributed by atoms with van der Waals surface area (Å²) in [5.74, 6) is 1.47. The Kier molecular flexibility index (Phi) is 5.11. The molecule has 0 bridgehead atoms. The van der Waals surface area contributed by atoms with E-state index in [4.69, 9.17) is 9.26 Å². The molecule has 0 N–H and O–H groups in total. The van der Waals surface area contributed by atoms with Crippen LogP contribution in [-0.2, 0) is 16.0 Å². The fourth-order valence-corrected chi connectivity index (χ4v) is 3.66. The lowest BCUT2D eigenvalue weighted by atomic mass is 9.71. The van der Waals surface area contributed by atoms with Crippen LogP contribution in [0.1, 0.15) is 52.3 Å². The summed E-state index contributed by atoms with van der Waals surface area (Å²) in [5, 5.41) is 3.85. The van der Waals surface area contributed by atoms with E-state index >= 15 is 0 Å². The van der Waals surface area contributed by atoms with Crippen LogP contribution in [0, 0.1) is 11.3 Å². The molecule has 0 spiro atoms. The molecule has 1 aliphatic rings. The summed E-state index contributed by atoms with van der Waals surface area (Å²) in [5.41, 5.74) is 0.222. The van der Waals surface area contributed by atoms with Crippen LogP contribution in [0.3, 0.4) is 0 Å². The highest BCUT2D eigenvalue weighted by atomic mass is 16.5. The zero-order valence-electron chi connectivity index (χ0n) is 14.9. The minimum Gasteiger partial charge on any atom is -0.462 e. The Hall–Kier alpha value is -2.31. The fourth-order valence-electron chi connectivity index (χ4n) is 3.66. The Bertz CT molecular complexity index is 714. The van der Waals surface area contributed by atoms with E-state index in [9.17, 15) is 4.79 Å². The first kappa shape index (κ1) is 17.5. The Morgan fingerprint density at radius 3 is 2.76 bits per heavy atom. The lowest BCUT2D eigenvalue weighted by molar-refractivity contribution is -0.153. The largest absolute Gasteiger partial charge is 0.462 e. The van der Waals surface area contributed by atoms with Crippen molar-refractivity contribution in [3.63, 3.8) is 0 Å². The van der Waals surface area contributed by atoms with E-state index in [1.807, 2.05) is 0 Å². The minimum absolute atomic E-state index is 0.00205. The monoisotopic (exact) mass is 344 g/mol. The summed E-state index contributed by atoms with van der Waals surface area (Å²) in [6.45, 7) is 6.68. The molecule has 25 heavy (non-hydrogen) atoms. The molecule has 2 aromatic heterocycles. The van der Waals surface area contributed by atoms with Gasteiger partial charge in [-0.25, -0.2) is 9.97 Å². The number of nitrogens with zero attached hydrogens (tertiary/aromatic N) is 4. The lowest BCUT2D eigenvalue weighted by Crippen LogP contribution is -2.34. The van der Waals surface area contributed by atoms with Crippen molar-refractivity contribution in [2.75, 3.05) is 0 Å². The molecular weight excluding hydrogens is 320 g/mol. The normalized spacial score (nSPS) is 22.5. The van der Waals surface area contributed by atoms with Crippen LogP contribution in [0.15, 0.2) is 23.0 Å². The molecule has 1 fully saturated rings. The van der Waals surface area contributed by atoms with Gasteiger partial charge < -0.3 is 9.26 Å². The zero-order chi connectivity index (χ0) is 17.9. The molecular formula is C18H24N4O3. The third-order valence-electron chi connectivity index (χ3n) is 4.42. The number of carbonyl (C=O) groups is 1. The van der Waals surface area contributed by atoms with E-state index in [1.165, 1.54) is 6.42 Å². The van der Waals surface area contributed by atoms with E-state index in [-0.39, 0.29) is 23.9 Å². The van der Waals surface area contributed by atoms with Crippen molar-refractivity contribution in [3.8, 4) is 11.6 Å². The molecule has 1 aliphatic carbocycles. The van der Waals surface area contributed by atoms with Crippen molar-refractivity contribution in [2.45, 2.75) is 59.0 Å². The quantitative estimate of drug-likeness (QED) is 0.769. The predicted octanol–water partition coefficient (Wildman–Crippen LogP) is 3.22. The van der Waals surface area contributed by atoms with Gasteiger partial charge >= 0.3 is 5.97 Å². The smallest absolute Gasteiger partial charge is 0.306 e. The van der Waals surface area contributed by atoms with Crippen LogP contribution in [0.2, 0.25) is 0 Å². The van der Waals surface area contributed by atoms with Gasteiger partial charge in [0.1, 0.15) is 6.10 Å². The maximum absolute atomic E-state index is 12.1. The van der Waals surface area contributed by atoms with Crippen molar-refractivity contribution < 1.29 is 14.1 Å². The predicted molar refractivity (Wildman–Crippen MR) is 90.3 cm³/mol. The third kappa shape index (κ3) is 4.84. The van der Waals surface area contributed by atoms with Crippen LogP contribution in [-0.4, -0.2) is 32.2 Å².